The minimum atomic E-state index is -3.23. The highest BCUT2D eigenvalue weighted by molar-refractivity contribution is 7.18. The summed E-state index contributed by atoms with van der Waals surface area (Å²) in [7, 11) is 0. The Balaban J connectivity index is 1.52. The van der Waals surface area contributed by atoms with Crippen molar-refractivity contribution in [2.24, 2.45) is 0 Å². The van der Waals surface area contributed by atoms with Gasteiger partial charge in [-0.15, -0.1) is 11.3 Å². The summed E-state index contributed by atoms with van der Waals surface area (Å²) in [6.07, 6.45) is -1.46. The first-order chi connectivity index (χ1) is 13.4. The van der Waals surface area contributed by atoms with Gasteiger partial charge in [-0.1, -0.05) is 12.1 Å². The molecule has 1 N–H and O–H groups in total. The number of anilines is 2. The van der Waals surface area contributed by atoms with E-state index in [1.165, 1.54) is 12.1 Å². The van der Waals surface area contributed by atoms with Gasteiger partial charge in [-0.3, -0.25) is 0 Å². The average molecular weight is 397 g/mol. The fourth-order valence-electron chi connectivity index (χ4n) is 2.85. The molecule has 2 aromatic carbocycles. The monoisotopic (exact) mass is 397 g/mol. The summed E-state index contributed by atoms with van der Waals surface area (Å²) < 4.78 is 31.8. The van der Waals surface area contributed by atoms with Gasteiger partial charge < -0.3 is 10.1 Å². The van der Waals surface area contributed by atoms with Crippen LogP contribution in [0.3, 0.4) is 0 Å². The topological polar surface area (TPSA) is 47.0 Å². The number of fused-ring (bicyclic) bond motifs is 1. The lowest BCUT2D eigenvalue weighted by atomic mass is 10.1. The molecule has 0 atom stereocenters. The Morgan fingerprint density at radius 3 is 2.61 bits per heavy atom. The lowest BCUT2D eigenvalue weighted by Crippen LogP contribution is -2.19. The van der Waals surface area contributed by atoms with Gasteiger partial charge in [0.05, 0.1) is 15.2 Å². The van der Waals surface area contributed by atoms with Crippen molar-refractivity contribution in [1.82, 2.24) is 9.97 Å². The average Bonchev–Trinajstić information content (AvgIpc) is 3.00. The van der Waals surface area contributed by atoms with Gasteiger partial charge in [0, 0.05) is 30.4 Å². The SMILES string of the molecule is Cc1nc2cc(-c3ccc(Nc4cccc(OC(C)(F)F)c4)nc3)ccc2s1. The zero-order valence-corrected chi connectivity index (χ0v) is 16.1. The number of nitrogens with zero attached hydrogens (tertiary/aromatic N) is 2. The number of thiazole rings is 1. The summed E-state index contributed by atoms with van der Waals surface area (Å²) in [6.45, 7) is 2.70. The number of alkyl halides is 2. The maximum atomic E-state index is 13.0. The molecule has 0 saturated carbocycles. The van der Waals surface area contributed by atoms with Gasteiger partial charge in [0.1, 0.15) is 11.6 Å². The lowest BCUT2D eigenvalue weighted by molar-refractivity contribution is -0.158. The smallest absolute Gasteiger partial charge is 0.394 e. The highest BCUT2D eigenvalue weighted by atomic mass is 32.1. The summed E-state index contributed by atoms with van der Waals surface area (Å²) in [4.78, 5) is 8.95. The molecule has 0 spiro atoms. The van der Waals surface area contributed by atoms with E-state index in [-0.39, 0.29) is 5.75 Å². The van der Waals surface area contributed by atoms with Crippen molar-refractivity contribution in [1.29, 1.82) is 0 Å². The lowest BCUT2D eigenvalue weighted by Gasteiger charge is -2.14. The van der Waals surface area contributed by atoms with E-state index in [4.69, 9.17) is 0 Å². The minimum Gasteiger partial charge on any atom is -0.433 e. The molecule has 0 aliphatic rings. The number of hydrogen-bond donors (Lipinski definition) is 1. The van der Waals surface area contributed by atoms with Crippen LogP contribution in [0.1, 0.15) is 11.9 Å². The fraction of sp³-hybridized carbons (Fsp3) is 0.143. The molecular weight excluding hydrogens is 380 g/mol. The number of nitrogens with one attached hydrogen (secondary N) is 1. The second kappa shape index (κ2) is 7.16. The van der Waals surface area contributed by atoms with E-state index < -0.39 is 6.11 Å². The summed E-state index contributed by atoms with van der Waals surface area (Å²) in [5.41, 5.74) is 3.60. The van der Waals surface area contributed by atoms with E-state index in [1.54, 1.807) is 29.7 Å². The maximum absolute atomic E-state index is 13.0. The van der Waals surface area contributed by atoms with Gasteiger partial charge in [-0.05, 0) is 48.9 Å². The third-order valence-electron chi connectivity index (χ3n) is 3.99. The molecule has 142 valence electrons. The molecule has 4 nitrogen and oxygen atoms in total. The maximum Gasteiger partial charge on any atom is 0.394 e. The van der Waals surface area contributed by atoms with Crippen molar-refractivity contribution in [3.63, 3.8) is 0 Å². The molecule has 0 unspecified atom stereocenters. The second-order valence-electron chi connectivity index (χ2n) is 6.41. The Morgan fingerprint density at radius 2 is 1.86 bits per heavy atom. The molecule has 4 aromatic rings. The predicted molar refractivity (Wildman–Crippen MR) is 109 cm³/mol. The molecule has 4 rings (SSSR count). The zero-order chi connectivity index (χ0) is 19.7. The molecule has 0 amide bonds. The van der Waals surface area contributed by atoms with Crippen LogP contribution in [-0.4, -0.2) is 16.1 Å². The molecule has 0 fully saturated rings. The van der Waals surface area contributed by atoms with Gasteiger partial charge in [0.15, 0.2) is 0 Å². The summed E-state index contributed by atoms with van der Waals surface area (Å²) in [6, 6.07) is 16.4. The Morgan fingerprint density at radius 1 is 1.04 bits per heavy atom. The molecule has 0 aliphatic carbocycles. The number of aromatic nitrogens is 2. The van der Waals surface area contributed by atoms with Crippen LogP contribution in [-0.2, 0) is 0 Å². The number of rotatable bonds is 5. The van der Waals surface area contributed by atoms with Crippen molar-refractivity contribution >= 4 is 33.1 Å². The molecule has 0 bridgehead atoms. The Labute approximate surface area is 164 Å². The number of ether oxygens (including phenoxy) is 1. The molecule has 7 heteroatoms. The van der Waals surface area contributed by atoms with Gasteiger partial charge in [-0.25, -0.2) is 9.97 Å². The summed E-state index contributed by atoms with van der Waals surface area (Å²) in [5, 5.41) is 4.13. The Kier molecular flexibility index (Phi) is 4.68. The van der Waals surface area contributed by atoms with E-state index in [0.717, 1.165) is 26.4 Å². The number of hydrogen-bond acceptors (Lipinski definition) is 5. The largest absolute Gasteiger partial charge is 0.433 e. The van der Waals surface area contributed by atoms with Gasteiger partial charge in [0.2, 0.25) is 0 Å². The standard InChI is InChI=1S/C21H17F2N3OS/c1-13-25-18-10-14(6-8-19(18)28-13)15-7-9-20(24-12-15)26-16-4-3-5-17(11-16)27-21(2,22)23/h3-12H,1-2H3,(H,24,26). The van der Waals surface area contributed by atoms with Crippen LogP contribution in [0.15, 0.2) is 60.8 Å². The highest BCUT2D eigenvalue weighted by Crippen LogP contribution is 2.29. The first-order valence-electron chi connectivity index (χ1n) is 8.63. The van der Waals surface area contributed by atoms with E-state index in [0.29, 0.717) is 18.4 Å². The van der Waals surface area contributed by atoms with Crippen LogP contribution in [0.4, 0.5) is 20.3 Å². The number of aryl methyl sites for hydroxylation is 1. The normalized spacial score (nSPS) is 11.6. The summed E-state index contributed by atoms with van der Waals surface area (Å²) >= 11 is 1.67. The first-order valence-corrected chi connectivity index (χ1v) is 9.45. The van der Waals surface area contributed by atoms with Crippen molar-refractivity contribution < 1.29 is 13.5 Å². The number of pyridine rings is 1. The van der Waals surface area contributed by atoms with Crippen molar-refractivity contribution in [3.8, 4) is 16.9 Å². The minimum absolute atomic E-state index is 0.0842. The van der Waals surface area contributed by atoms with E-state index in [2.05, 4.69) is 38.2 Å². The quantitative estimate of drug-likeness (QED) is 0.423. The van der Waals surface area contributed by atoms with Gasteiger partial charge in [0.25, 0.3) is 0 Å². The van der Waals surface area contributed by atoms with Crippen molar-refractivity contribution in [2.45, 2.75) is 20.0 Å². The third-order valence-corrected chi connectivity index (χ3v) is 4.95. The van der Waals surface area contributed by atoms with E-state index in [1.807, 2.05) is 19.1 Å². The van der Waals surface area contributed by atoms with Crippen LogP contribution >= 0.6 is 11.3 Å². The van der Waals surface area contributed by atoms with Crippen LogP contribution in [0.25, 0.3) is 21.3 Å². The van der Waals surface area contributed by atoms with Crippen LogP contribution in [0, 0.1) is 6.92 Å². The molecule has 0 aliphatic heterocycles. The van der Waals surface area contributed by atoms with Crippen molar-refractivity contribution in [3.05, 3.63) is 65.8 Å². The number of benzene rings is 2. The molecular formula is C21H17F2N3OS. The van der Waals surface area contributed by atoms with Gasteiger partial charge >= 0.3 is 6.11 Å². The molecule has 2 heterocycles. The molecule has 0 radical (unpaired) electrons. The van der Waals surface area contributed by atoms with Gasteiger partial charge in [-0.2, -0.15) is 8.78 Å². The van der Waals surface area contributed by atoms with Crippen molar-refractivity contribution in [2.75, 3.05) is 5.32 Å². The second-order valence-corrected chi connectivity index (χ2v) is 7.64. The fourth-order valence-corrected chi connectivity index (χ4v) is 3.66. The van der Waals surface area contributed by atoms with Crippen LogP contribution in [0.2, 0.25) is 0 Å². The third kappa shape index (κ3) is 4.26. The van der Waals surface area contributed by atoms with Crippen LogP contribution < -0.4 is 10.1 Å². The molecule has 28 heavy (non-hydrogen) atoms. The van der Waals surface area contributed by atoms with Crippen LogP contribution in [0.5, 0.6) is 5.75 Å². The summed E-state index contributed by atoms with van der Waals surface area (Å²) in [5.74, 6) is 0.690. The molecule has 2 aromatic heterocycles. The Bertz CT molecular complexity index is 1120. The molecule has 0 saturated heterocycles. The number of halogens is 2. The predicted octanol–water partition coefficient (Wildman–Crippen LogP) is 6.40. The van der Waals surface area contributed by atoms with E-state index >= 15 is 0 Å². The highest BCUT2D eigenvalue weighted by Gasteiger charge is 2.23. The first kappa shape index (κ1) is 18.3. The zero-order valence-electron chi connectivity index (χ0n) is 15.2. The van der Waals surface area contributed by atoms with E-state index in [9.17, 15) is 8.78 Å². The Hall–Kier alpha value is -3.06.